The van der Waals surface area contributed by atoms with Gasteiger partial charge in [0.25, 0.3) is 0 Å². The highest BCUT2D eigenvalue weighted by Gasteiger charge is 2.39. The number of halogens is 1. The number of aliphatic hydroxyl groups is 1. The SMILES string of the molecule is OCC1(NC2CC2)CCCC(Sc2cccc(Cl)c2)C1. The van der Waals surface area contributed by atoms with Crippen LogP contribution in [0, 0.1) is 0 Å². The Labute approximate surface area is 130 Å². The molecular weight excluding hydrogens is 290 g/mol. The molecule has 2 unspecified atom stereocenters. The lowest BCUT2D eigenvalue weighted by atomic mass is 9.82. The molecule has 0 amide bonds. The van der Waals surface area contributed by atoms with Gasteiger partial charge >= 0.3 is 0 Å². The first kappa shape index (κ1) is 14.7. The number of rotatable bonds is 5. The van der Waals surface area contributed by atoms with Gasteiger partial charge in [-0.05, 0) is 50.3 Å². The fourth-order valence-electron chi connectivity index (χ4n) is 3.12. The van der Waals surface area contributed by atoms with Gasteiger partial charge in [-0.25, -0.2) is 0 Å². The lowest BCUT2D eigenvalue weighted by molar-refractivity contribution is 0.122. The molecule has 110 valence electrons. The van der Waals surface area contributed by atoms with Gasteiger partial charge in [0.1, 0.15) is 0 Å². The molecule has 1 aromatic carbocycles. The molecule has 0 bridgehead atoms. The highest BCUT2D eigenvalue weighted by molar-refractivity contribution is 8.00. The summed E-state index contributed by atoms with van der Waals surface area (Å²) in [6.07, 6.45) is 7.12. The van der Waals surface area contributed by atoms with Crippen LogP contribution >= 0.6 is 23.4 Å². The fourth-order valence-corrected chi connectivity index (χ4v) is 4.80. The van der Waals surface area contributed by atoms with Gasteiger partial charge < -0.3 is 10.4 Å². The van der Waals surface area contributed by atoms with Crippen molar-refractivity contribution in [3.63, 3.8) is 0 Å². The molecule has 1 aromatic rings. The van der Waals surface area contributed by atoms with Gasteiger partial charge in [-0.15, -0.1) is 11.8 Å². The third-order valence-corrected chi connectivity index (χ3v) is 5.79. The number of benzene rings is 1. The number of hydrogen-bond donors (Lipinski definition) is 2. The van der Waals surface area contributed by atoms with E-state index in [9.17, 15) is 5.11 Å². The molecule has 0 aliphatic heterocycles. The van der Waals surface area contributed by atoms with E-state index in [0.717, 1.165) is 17.9 Å². The van der Waals surface area contributed by atoms with E-state index in [1.807, 2.05) is 30.0 Å². The van der Waals surface area contributed by atoms with Crippen molar-refractivity contribution in [3.05, 3.63) is 29.3 Å². The Hall–Kier alpha value is -0.220. The predicted octanol–water partition coefficient (Wildman–Crippen LogP) is 3.86. The summed E-state index contributed by atoms with van der Waals surface area (Å²) in [5.41, 5.74) is -0.0460. The van der Waals surface area contributed by atoms with Crippen LogP contribution in [0.5, 0.6) is 0 Å². The number of aliphatic hydroxyl groups excluding tert-OH is 1. The molecule has 20 heavy (non-hydrogen) atoms. The summed E-state index contributed by atoms with van der Waals surface area (Å²) in [6, 6.07) is 8.74. The normalized spacial score (nSPS) is 30.4. The van der Waals surface area contributed by atoms with Crippen molar-refractivity contribution in [2.24, 2.45) is 0 Å². The second-order valence-electron chi connectivity index (χ2n) is 6.15. The largest absolute Gasteiger partial charge is 0.394 e. The molecule has 0 saturated heterocycles. The number of thioether (sulfide) groups is 1. The molecule has 2 saturated carbocycles. The summed E-state index contributed by atoms with van der Waals surface area (Å²) in [6.45, 7) is 0.260. The Morgan fingerprint density at radius 1 is 1.35 bits per heavy atom. The maximum Gasteiger partial charge on any atom is 0.0613 e. The quantitative estimate of drug-likeness (QED) is 0.866. The first-order valence-electron chi connectivity index (χ1n) is 7.50. The summed E-state index contributed by atoms with van der Waals surface area (Å²) in [5.74, 6) is 0. The second kappa shape index (κ2) is 6.27. The predicted molar refractivity (Wildman–Crippen MR) is 85.5 cm³/mol. The Morgan fingerprint density at radius 2 is 2.20 bits per heavy atom. The van der Waals surface area contributed by atoms with Crippen LogP contribution in [0.2, 0.25) is 5.02 Å². The van der Waals surface area contributed by atoms with Gasteiger partial charge in [0.05, 0.1) is 6.61 Å². The third kappa shape index (κ3) is 3.70. The minimum atomic E-state index is -0.0460. The molecule has 0 aromatic heterocycles. The standard InChI is InChI=1S/C16H22ClNOS/c17-12-3-1-4-14(9-12)20-15-5-2-8-16(10-15,11-19)18-13-6-7-13/h1,3-4,9,13,15,18-19H,2,5-8,10-11H2. The van der Waals surface area contributed by atoms with Crippen LogP contribution in [0.3, 0.4) is 0 Å². The average Bonchev–Trinajstić information content (AvgIpc) is 3.23. The van der Waals surface area contributed by atoms with Crippen LogP contribution in [-0.4, -0.2) is 28.5 Å². The Balaban J connectivity index is 1.64. The zero-order valence-electron chi connectivity index (χ0n) is 11.6. The Morgan fingerprint density at radius 3 is 2.90 bits per heavy atom. The highest BCUT2D eigenvalue weighted by Crippen LogP contribution is 2.40. The van der Waals surface area contributed by atoms with Crippen LogP contribution in [0.4, 0.5) is 0 Å². The van der Waals surface area contributed by atoms with Crippen molar-refractivity contribution in [3.8, 4) is 0 Å². The van der Waals surface area contributed by atoms with Crippen molar-refractivity contribution < 1.29 is 5.11 Å². The minimum absolute atomic E-state index is 0.0460. The Bertz CT molecular complexity index is 466. The molecule has 2 nitrogen and oxygen atoms in total. The summed E-state index contributed by atoms with van der Waals surface area (Å²) in [4.78, 5) is 1.24. The molecule has 3 rings (SSSR count). The van der Waals surface area contributed by atoms with E-state index >= 15 is 0 Å². The molecule has 2 atom stereocenters. The van der Waals surface area contributed by atoms with E-state index in [0.29, 0.717) is 11.3 Å². The van der Waals surface area contributed by atoms with Crippen LogP contribution in [0.1, 0.15) is 38.5 Å². The molecule has 0 radical (unpaired) electrons. The van der Waals surface area contributed by atoms with Gasteiger partial charge in [-0.2, -0.15) is 0 Å². The van der Waals surface area contributed by atoms with E-state index in [2.05, 4.69) is 11.4 Å². The highest BCUT2D eigenvalue weighted by atomic mass is 35.5. The van der Waals surface area contributed by atoms with E-state index in [1.54, 1.807) is 0 Å². The fraction of sp³-hybridized carbons (Fsp3) is 0.625. The molecule has 2 aliphatic carbocycles. The number of nitrogens with one attached hydrogen (secondary N) is 1. The van der Waals surface area contributed by atoms with Crippen LogP contribution in [0.15, 0.2) is 29.2 Å². The average molecular weight is 312 g/mol. The Kier molecular flexibility index (Phi) is 4.61. The molecule has 2 N–H and O–H groups in total. The van der Waals surface area contributed by atoms with Crippen molar-refractivity contribution in [1.82, 2.24) is 5.32 Å². The first-order chi connectivity index (χ1) is 9.69. The van der Waals surface area contributed by atoms with Crippen molar-refractivity contribution in [2.75, 3.05) is 6.61 Å². The zero-order valence-corrected chi connectivity index (χ0v) is 13.2. The van der Waals surface area contributed by atoms with Crippen LogP contribution in [-0.2, 0) is 0 Å². The van der Waals surface area contributed by atoms with E-state index < -0.39 is 0 Å². The summed E-state index contributed by atoms with van der Waals surface area (Å²) in [7, 11) is 0. The minimum Gasteiger partial charge on any atom is -0.394 e. The third-order valence-electron chi connectivity index (χ3n) is 4.29. The van der Waals surface area contributed by atoms with Gasteiger partial charge in [0.2, 0.25) is 0 Å². The molecule has 2 aliphatic rings. The van der Waals surface area contributed by atoms with E-state index in [1.165, 1.54) is 30.6 Å². The van der Waals surface area contributed by atoms with Gasteiger partial charge in [-0.3, -0.25) is 0 Å². The second-order valence-corrected chi connectivity index (χ2v) is 7.96. The van der Waals surface area contributed by atoms with Crippen LogP contribution in [0.25, 0.3) is 0 Å². The maximum absolute atomic E-state index is 9.85. The van der Waals surface area contributed by atoms with E-state index in [4.69, 9.17) is 11.6 Å². The summed E-state index contributed by atoms with van der Waals surface area (Å²) < 4.78 is 0. The van der Waals surface area contributed by atoms with E-state index in [-0.39, 0.29) is 12.1 Å². The maximum atomic E-state index is 9.85. The summed E-state index contributed by atoms with van der Waals surface area (Å²) in [5, 5.41) is 14.9. The van der Waals surface area contributed by atoms with Crippen molar-refractivity contribution in [1.29, 1.82) is 0 Å². The van der Waals surface area contributed by atoms with Crippen molar-refractivity contribution in [2.45, 2.75) is 60.3 Å². The topological polar surface area (TPSA) is 32.3 Å². The lowest BCUT2D eigenvalue weighted by Gasteiger charge is -2.40. The lowest BCUT2D eigenvalue weighted by Crippen LogP contribution is -2.53. The molecular formula is C16H22ClNOS. The molecule has 0 spiro atoms. The molecule has 0 heterocycles. The van der Waals surface area contributed by atoms with Gasteiger partial charge in [-0.1, -0.05) is 24.1 Å². The smallest absolute Gasteiger partial charge is 0.0613 e. The molecule has 2 fully saturated rings. The number of hydrogen-bond acceptors (Lipinski definition) is 3. The summed E-state index contributed by atoms with van der Waals surface area (Å²) >= 11 is 7.97. The van der Waals surface area contributed by atoms with Crippen LogP contribution < -0.4 is 5.32 Å². The van der Waals surface area contributed by atoms with Gasteiger partial charge in [0.15, 0.2) is 0 Å². The first-order valence-corrected chi connectivity index (χ1v) is 8.76. The monoisotopic (exact) mass is 311 g/mol. The zero-order chi connectivity index (χ0) is 14.0. The van der Waals surface area contributed by atoms with Crippen molar-refractivity contribution >= 4 is 23.4 Å². The van der Waals surface area contributed by atoms with Gasteiger partial charge in [0, 0.05) is 26.7 Å². The molecule has 4 heteroatoms.